The third-order valence-electron chi connectivity index (χ3n) is 2.96. The van der Waals surface area contributed by atoms with Crippen molar-refractivity contribution in [1.29, 1.82) is 0 Å². The van der Waals surface area contributed by atoms with Crippen molar-refractivity contribution in [3.05, 3.63) is 65.7 Å². The molecule has 3 nitrogen and oxygen atoms in total. The zero-order valence-electron chi connectivity index (χ0n) is 10.5. The molecule has 98 valence electrons. The van der Waals surface area contributed by atoms with E-state index in [1.54, 1.807) is 12.1 Å². The standard InChI is InChI=1S/C15H14O3S/c1-19(17,18)14-9-7-13(8-10-14)15(11-16)12-5-3-2-4-6-12/h2-11,15H,1H3. The largest absolute Gasteiger partial charge is 0.302 e. The average molecular weight is 274 g/mol. The van der Waals surface area contributed by atoms with Crippen molar-refractivity contribution in [3.63, 3.8) is 0 Å². The van der Waals surface area contributed by atoms with Crippen LogP contribution in [0, 0.1) is 0 Å². The molecule has 0 aliphatic carbocycles. The lowest BCUT2D eigenvalue weighted by molar-refractivity contribution is -0.108. The van der Waals surface area contributed by atoms with Gasteiger partial charge < -0.3 is 4.79 Å². The van der Waals surface area contributed by atoms with E-state index in [0.717, 1.165) is 23.7 Å². The number of carbonyl (C=O) groups is 1. The third kappa shape index (κ3) is 3.09. The highest BCUT2D eigenvalue weighted by Crippen LogP contribution is 2.23. The summed E-state index contributed by atoms with van der Waals surface area (Å²) >= 11 is 0. The lowest BCUT2D eigenvalue weighted by Crippen LogP contribution is -2.03. The molecule has 2 aromatic carbocycles. The Hall–Kier alpha value is -1.94. The molecule has 0 heterocycles. The minimum absolute atomic E-state index is 0.258. The number of hydrogen-bond donors (Lipinski definition) is 0. The van der Waals surface area contributed by atoms with Gasteiger partial charge in [0, 0.05) is 6.26 Å². The molecule has 0 aliphatic heterocycles. The summed E-state index contributed by atoms with van der Waals surface area (Å²) in [5.74, 6) is -0.366. The van der Waals surface area contributed by atoms with Crippen LogP contribution >= 0.6 is 0 Å². The molecule has 0 fully saturated rings. The molecule has 0 amide bonds. The van der Waals surface area contributed by atoms with Gasteiger partial charge in [-0.05, 0) is 23.3 Å². The van der Waals surface area contributed by atoms with Crippen LogP contribution in [0.4, 0.5) is 0 Å². The lowest BCUT2D eigenvalue weighted by atomic mass is 9.93. The maximum Gasteiger partial charge on any atom is 0.175 e. The Bertz CT molecular complexity index is 658. The van der Waals surface area contributed by atoms with Gasteiger partial charge in [-0.3, -0.25) is 0 Å². The van der Waals surface area contributed by atoms with Crippen molar-refractivity contribution >= 4 is 16.1 Å². The molecule has 1 unspecified atom stereocenters. The first-order valence-electron chi connectivity index (χ1n) is 5.82. The molecule has 19 heavy (non-hydrogen) atoms. The van der Waals surface area contributed by atoms with Gasteiger partial charge in [0.1, 0.15) is 6.29 Å². The van der Waals surface area contributed by atoms with Crippen LogP contribution in [-0.4, -0.2) is 21.0 Å². The molecule has 1 atom stereocenters. The number of rotatable bonds is 4. The molecule has 0 N–H and O–H groups in total. The van der Waals surface area contributed by atoms with Gasteiger partial charge in [-0.25, -0.2) is 8.42 Å². The fraction of sp³-hybridized carbons (Fsp3) is 0.133. The minimum atomic E-state index is -3.20. The maximum atomic E-state index is 11.4. The van der Waals surface area contributed by atoms with Crippen LogP contribution < -0.4 is 0 Å². The van der Waals surface area contributed by atoms with Crippen LogP contribution in [0.5, 0.6) is 0 Å². The van der Waals surface area contributed by atoms with E-state index in [2.05, 4.69) is 0 Å². The van der Waals surface area contributed by atoms with E-state index in [-0.39, 0.29) is 10.8 Å². The number of aldehydes is 1. The van der Waals surface area contributed by atoms with Crippen LogP contribution in [-0.2, 0) is 14.6 Å². The fourth-order valence-corrected chi connectivity index (χ4v) is 2.56. The zero-order chi connectivity index (χ0) is 13.9. The lowest BCUT2D eigenvalue weighted by Gasteiger charge is -2.11. The molecule has 0 spiro atoms. The number of sulfone groups is 1. The van der Waals surface area contributed by atoms with Crippen molar-refractivity contribution in [1.82, 2.24) is 0 Å². The van der Waals surface area contributed by atoms with Crippen LogP contribution in [0.3, 0.4) is 0 Å². The quantitative estimate of drug-likeness (QED) is 0.805. The Balaban J connectivity index is 2.38. The molecule has 0 aliphatic rings. The number of carbonyl (C=O) groups excluding carboxylic acids is 1. The molecule has 0 aromatic heterocycles. The second-order valence-corrected chi connectivity index (χ2v) is 6.38. The Morgan fingerprint density at radius 3 is 1.89 bits per heavy atom. The van der Waals surface area contributed by atoms with Gasteiger partial charge in [-0.15, -0.1) is 0 Å². The predicted molar refractivity (Wildman–Crippen MR) is 73.9 cm³/mol. The molecule has 2 rings (SSSR count). The summed E-state index contributed by atoms with van der Waals surface area (Å²) in [6, 6.07) is 15.8. The number of benzene rings is 2. The van der Waals surface area contributed by atoms with Crippen LogP contribution in [0.25, 0.3) is 0 Å². The second-order valence-electron chi connectivity index (χ2n) is 4.37. The summed E-state index contributed by atoms with van der Waals surface area (Å²) in [6.07, 6.45) is 2.03. The highest BCUT2D eigenvalue weighted by molar-refractivity contribution is 7.90. The molecule has 4 heteroatoms. The highest BCUT2D eigenvalue weighted by Gasteiger charge is 2.14. The van der Waals surface area contributed by atoms with E-state index in [0.29, 0.717) is 0 Å². The molecule has 0 saturated carbocycles. The Kier molecular flexibility index (Phi) is 3.81. The van der Waals surface area contributed by atoms with Crippen LogP contribution in [0.1, 0.15) is 17.0 Å². The molecular formula is C15H14O3S. The molecule has 2 aromatic rings. The number of hydrogen-bond acceptors (Lipinski definition) is 3. The zero-order valence-corrected chi connectivity index (χ0v) is 11.3. The van der Waals surface area contributed by atoms with Gasteiger partial charge in [-0.1, -0.05) is 42.5 Å². The summed E-state index contributed by atoms with van der Waals surface area (Å²) < 4.78 is 22.8. The topological polar surface area (TPSA) is 51.2 Å². The van der Waals surface area contributed by atoms with Crippen molar-refractivity contribution < 1.29 is 13.2 Å². The van der Waals surface area contributed by atoms with E-state index in [9.17, 15) is 13.2 Å². The summed E-state index contributed by atoms with van der Waals surface area (Å²) in [7, 11) is -3.20. The smallest absolute Gasteiger partial charge is 0.175 e. The van der Waals surface area contributed by atoms with Gasteiger partial charge in [0.15, 0.2) is 9.84 Å². The molecule has 0 radical (unpaired) electrons. The van der Waals surface area contributed by atoms with Crippen LogP contribution in [0.15, 0.2) is 59.5 Å². The monoisotopic (exact) mass is 274 g/mol. The van der Waals surface area contributed by atoms with Crippen molar-refractivity contribution in [2.24, 2.45) is 0 Å². The van der Waals surface area contributed by atoms with E-state index < -0.39 is 9.84 Å². The molecule has 0 bridgehead atoms. The first-order valence-corrected chi connectivity index (χ1v) is 7.72. The van der Waals surface area contributed by atoms with Gasteiger partial charge >= 0.3 is 0 Å². The summed E-state index contributed by atoms with van der Waals surface area (Å²) in [6.45, 7) is 0. The van der Waals surface area contributed by atoms with E-state index in [4.69, 9.17) is 0 Å². The Morgan fingerprint density at radius 1 is 0.895 bits per heavy atom. The highest BCUT2D eigenvalue weighted by atomic mass is 32.2. The van der Waals surface area contributed by atoms with E-state index in [1.807, 2.05) is 30.3 Å². The normalized spacial score (nSPS) is 12.9. The van der Waals surface area contributed by atoms with Crippen molar-refractivity contribution in [3.8, 4) is 0 Å². The van der Waals surface area contributed by atoms with Gasteiger partial charge in [0.2, 0.25) is 0 Å². The van der Waals surface area contributed by atoms with Gasteiger partial charge in [-0.2, -0.15) is 0 Å². The second kappa shape index (κ2) is 5.36. The minimum Gasteiger partial charge on any atom is -0.302 e. The fourth-order valence-electron chi connectivity index (χ4n) is 1.93. The third-order valence-corrected chi connectivity index (χ3v) is 4.09. The maximum absolute atomic E-state index is 11.4. The summed E-state index contributed by atoms with van der Waals surface area (Å²) in [5, 5.41) is 0. The average Bonchev–Trinajstić information content (AvgIpc) is 2.40. The van der Waals surface area contributed by atoms with E-state index >= 15 is 0 Å². The molecule has 0 saturated heterocycles. The first-order chi connectivity index (χ1) is 9.02. The summed E-state index contributed by atoms with van der Waals surface area (Å²) in [4.78, 5) is 11.5. The van der Waals surface area contributed by atoms with Gasteiger partial charge in [0.05, 0.1) is 10.8 Å². The Morgan fingerprint density at radius 2 is 1.42 bits per heavy atom. The molecular weight excluding hydrogens is 260 g/mol. The SMILES string of the molecule is CS(=O)(=O)c1ccc(C(C=O)c2ccccc2)cc1. The van der Waals surface area contributed by atoms with Gasteiger partial charge in [0.25, 0.3) is 0 Å². The van der Waals surface area contributed by atoms with Crippen LogP contribution in [0.2, 0.25) is 0 Å². The van der Waals surface area contributed by atoms with Crippen molar-refractivity contribution in [2.75, 3.05) is 6.26 Å². The predicted octanol–water partition coefficient (Wildman–Crippen LogP) is 2.42. The van der Waals surface area contributed by atoms with E-state index in [1.165, 1.54) is 12.1 Å². The van der Waals surface area contributed by atoms with Crippen molar-refractivity contribution in [2.45, 2.75) is 10.8 Å². The first kappa shape index (κ1) is 13.5. The Labute approximate surface area is 112 Å². The summed E-state index contributed by atoms with van der Waals surface area (Å²) in [5.41, 5.74) is 1.68.